The Morgan fingerprint density at radius 3 is 0.776 bits per heavy atom. The minimum atomic E-state index is -4.96. The second-order valence-electron chi connectivity index (χ2n) is 29.2. The summed E-state index contributed by atoms with van der Waals surface area (Å²) in [5.41, 5.74) is 0. The first-order chi connectivity index (χ1) is 47.4. The molecule has 0 bridgehead atoms. The summed E-state index contributed by atoms with van der Waals surface area (Å²) in [6.45, 7) is 9.70. The van der Waals surface area contributed by atoms with Crippen LogP contribution < -0.4 is 0 Å². The van der Waals surface area contributed by atoms with E-state index in [0.717, 1.165) is 102 Å². The van der Waals surface area contributed by atoms with Gasteiger partial charge in [0.2, 0.25) is 0 Å². The van der Waals surface area contributed by atoms with E-state index in [4.69, 9.17) is 37.0 Å². The van der Waals surface area contributed by atoms with Gasteiger partial charge in [0.05, 0.1) is 26.4 Å². The highest BCUT2D eigenvalue weighted by Gasteiger charge is 2.30. The number of esters is 4. The molecule has 0 amide bonds. The van der Waals surface area contributed by atoms with Gasteiger partial charge in [0, 0.05) is 25.7 Å². The number of carbonyl (C=O) groups is 4. The molecular formula is C79H154O17P2. The van der Waals surface area contributed by atoms with Crippen molar-refractivity contribution in [3.05, 3.63) is 0 Å². The van der Waals surface area contributed by atoms with Crippen molar-refractivity contribution in [1.29, 1.82) is 0 Å². The fourth-order valence-corrected chi connectivity index (χ4v) is 13.7. The van der Waals surface area contributed by atoms with Crippen LogP contribution in [0.3, 0.4) is 0 Å². The molecule has 17 nitrogen and oxygen atoms in total. The normalized spacial score (nSPS) is 14.2. The summed E-state index contributed by atoms with van der Waals surface area (Å²) in [6, 6.07) is 0. The van der Waals surface area contributed by atoms with E-state index >= 15 is 0 Å². The fourth-order valence-electron chi connectivity index (χ4n) is 12.2. The molecule has 0 saturated carbocycles. The number of aliphatic hydroxyl groups is 1. The largest absolute Gasteiger partial charge is 0.472 e. The van der Waals surface area contributed by atoms with Gasteiger partial charge in [0.1, 0.15) is 19.3 Å². The molecule has 3 N–H and O–H groups in total. The van der Waals surface area contributed by atoms with E-state index in [1.165, 1.54) is 231 Å². The summed E-state index contributed by atoms with van der Waals surface area (Å²) in [5, 5.41) is 10.6. The lowest BCUT2D eigenvalue weighted by molar-refractivity contribution is -0.161. The second kappa shape index (κ2) is 70.7. The third-order valence-corrected chi connectivity index (χ3v) is 20.7. The highest BCUT2D eigenvalue weighted by atomic mass is 31.2. The topological polar surface area (TPSA) is 237 Å². The molecule has 3 unspecified atom stereocenters. The molecule has 0 heterocycles. The van der Waals surface area contributed by atoms with Crippen LogP contribution in [0.1, 0.15) is 414 Å². The molecule has 0 aromatic carbocycles. The van der Waals surface area contributed by atoms with E-state index in [-0.39, 0.29) is 25.7 Å². The monoisotopic (exact) mass is 1440 g/mol. The quantitative estimate of drug-likeness (QED) is 0.0222. The smallest absolute Gasteiger partial charge is 0.462 e. The average molecular weight is 1440 g/mol. The van der Waals surface area contributed by atoms with Gasteiger partial charge in [0.15, 0.2) is 12.2 Å². The first-order valence-corrected chi connectivity index (χ1v) is 44.0. The first-order valence-electron chi connectivity index (χ1n) is 41.0. The number of phosphoric acid groups is 2. The van der Waals surface area contributed by atoms with Gasteiger partial charge >= 0.3 is 39.5 Å². The van der Waals surface area contributed by atoms with Crippen molar-refractivity contribution in [3.63, 3.8) is 0 Å². The van der Waals surface area contributed by atoms with E-state index in [1.54, 1.807) is 0 Å². The third kappa shape index (κ3) is 71.1. The Hall–Kier alpha value is -1.94. The van der Waals surface area contributed by atoms with Gasteiger partial charge < -0.3 is 33.8 Å². The summed E-state index contributed by atoms with van der Waals surface area (Å²) >= 11 is 0. The van der Waals surface area contributed by atoms with E-state index in [0.29, 0.717) is 25.7 Å². The van der Waals surface area contributed by atoms with Crippen molar-refractivity contribution in [2.24, 2.45) is 11.8 Å². The van der Waals surface area contributed by atoms with Crippen LogP contribution in [0.2, 0.25) is 0 Å². The lowest BCUT2D eigenvalue weighted by atomic mass is 9.99. The number of rotatable bonds is 78. The highest BCUT2D eigenvalue weighted by Crippen LogP contribution is 2.45. The van der Waals surface area contributed by atoms with Gasteiger partial charge in [-0.15, -0.1) is 0 Å². The van der Waals surface area contributed by atoms with Crippen LogP contribution in [-0.2, 0) is 65.4 Å². The van der Waals surface area contributed by atoms with Crippen LogP contribution >= 0.6 is 15.6 Å². The lowest BCUT2D eigenvalue weighted by Gasteiger charge is -2.21. The molecule has 6 atom stereocenters. The lowest BCUT2D eigenvalue weighted by Crippen LogP contribution is -2.30. The summed E-state index contributed by atoms with van der Waals surface area (Å²) in [4.78, 5) is 72.9. The van der Waals surface area contributed by atoms with Crippen molar-refractivity contribution >= 4 is 39.5 Å². The Balaban J connectivity index is 5.23. The van der Waals surface area contributed by atoms with E-state index < -0.39 is 97.5 Å². The van der Waals surface area contributed by atoms with E-state index in [9.17, 15) is 43.2 Å². The second-order valence-corrected chi connectivity index (χ2v) is 32.1. The molecule has 0 aromatic rings. The zero-order valence-corrected chi connectivity index (χ0v) is 65.9. The minimum absolute atomic E-state index is 0.108. The minimum Gasteiger partial charge on any atom is -0.462 e. The number of phosphoric ester groups is 2. The molecule has 0 aliphatic heterocycles. The molecule has 0 saturated heterocycles. The van der Waals surface area contributed by atoms with E-state index in [2.05, 4.69) is 41.5 Å². The maximum Gasteiger partial charge on any atom is 0.472 e. The highest BCUT2D eigenvalue weighted by molar-refractivity contribution is 7.47. The van der Waals surface area contributed by atoms with Crippen molar-refractivity contribution in [2.45, 2.75) is 432 Å². The Kier molecular flexibility index (Phi) is 69.3. The Labute approximate surface area is 600 Å². The van der Waals surface area contributed by atoms with Crippen LogP contribution in [0, 0.1) is 11.8 Å². The zero-order valence-electron chi connectivity index (χ0n) is 64.1. The van der Waals surface area contributed by atoms with E-state index in [1.807, 2.05) is 0 Å². The maximum atomic E-state index is 13.1. The van der Waals surface area contributed by atoms with Crippen LogP contribution in [0.25, 0.3) is 0 Å². The summed E-state index contributed by atoms with van der Waals surface area (Å²) < 4.78 is 68.6. The first kappa shape index (κ1) is 96.1. The molecule has 0 aliphatic carbocycles. The zero-order chi connectivity index (χ0) is 72.1. The Morgan fingerprint density at radius 2 is 0.520 bits per heavy atom. The number of ether oxygens (including phenoxy) is 4. The predicted molar refractivity (Wildman–Crippen MR) is 400 cm³/mol. The fraction of sp³-hybridized carbons (Fsp3) is 0.949. The molecule has 0 fully saturated rings. The van der Waals surface area contributed by atoms with Crippen molar-refractivity contribution in [1.82, 2.24) is 0 Å². The van der Waals surface area contributed by atoms with Crippen LogP contribution in [-0.4, -0.2) is 96.7 Å². The number of unbranched alkanes of at least 4 members (excludes halogenated alkanes) is 47. The van der Waals surface area contributed by atoms with Crippen molar-refractivity contribution in [2.75, 3.05) is 39.6 Å². The number of aliphatic hydroxyl groups excluding tert-OH is 1. The molecule has 0 aromatic heterocycles. The molecule has 582 valence electrons. The Morgan fingerprint density at radius 1 is 0.296 bits per heavy atom. The third-order valence-electron chi connectivity index (χ3n) is 18.8. The van der Waals surface area contributed by atoms with Gasteiger partial charge in [-0.25, -0.2) is 9.13 Å². The number of hydrogen-bond acceptors (Lipinski definition) is 15. The van der Waals surface area contributed by atoms with Gasteiger partial charge in [-0.1, -0.05) is 363 Å². The number of hydrogen-bond donors (Lipinski definition) is 3. The Bertz CT molecular complexity index is 1890. The van der Waals surface area contributed by atoms with Gasteiger partial charge in [0.25, 0.3) is 0 Å². The molecule has 0 aliphatic rings. The average Bonchev–Trinajstić information content (AvgIpc) is 1.08. The summed E-state index contributed by atoms with van der Waals surface area (Å²) in [7, 11) is -9.91. The molecule has 98 heavy (non-hydrogen) atoms. The number of carbonyl (C=O) groups excluding carboxylic acids is 4. The molecular weight excluding hydrogens is 1280 g/mol. The van der Waals surface area contributed by atoms with Gasteiger partial charge in [-0.3, -0.25) is 37.3 Å². The van der Waals surface area contributed by atoms with Crippen LogP contribution in [0.4, 0.5) is 0 Å². The molecule has 0 radical (unpaired) electrons. The van der Waals surface area contributed by atoms with Crippen LogP contribution in [0.15, 0.2) is 0 Å². The molecule has 0 spiro atoms. The van der Waals surface area contributed by atoms with Crippen molar-refractivity contribution < 1.29 is 80.2 Å². The SMILES string of the molecule is CCCCCCCCCCCCCCC(=O)O[C@H](COC(=O)CCCCCCCCCCCC)COP(=O)(O)OC[C@H](O)COP(=O)(O)OC[C@@H](COC(=O)CCCCCCCCCCCCCCCCC(C)CC)OC(=O)CCCCCCCCCCCCCCCCCC(C)C. The molecule has 0 rings (SSSR count). The summed E-state index contributed by atoms with van der Waals surface area (Å²) in [5.74, 6) is -0.457. The maximum absolute atomic E-state index is 13.1. The van der Waals surface area contributed by atoms with Crippen molar-refractivity contribution in [3.8, 4) is 0 Å². The van der Waals surface area contributed by atoms with Gasteiger partial charge in [-0.05, 0) is 37.5 Å². The van der Waals surface area contributed by atoms with Crippen LogP contribution in [0.5, 0.6) is 0 Å². The van der Waals surface area contributed by atoms with Gasteiger partial charge in [-0.2, -0.15) is 0 Å². The molecule has 19 heteroatoms. The standard InChI is InChI=1S/C79H154O17P2/c1-7-10-12-14-16-18-20-32-39-45-51-57-63-78(83)95-74(67-89-76(81)61-55-49-43-37-19-17-15-13-11-8-2)69-93-97(85,86)91-65-73(80)66-92-98(87,88)94-70-75(96-79(84)64-58-52-46-40-34-29-23-21-22-26-30-35-41-47-53-59-71(4)5)68-90-77(82)62-56-50-44-38-33-28-25-24-27-31-36-42-48-54-60-72(6)9-3/h71-75,80H,7-70H2,1-6H3,(H,85,86)(H,87,88)/t72?,73-,74+,75+/m0/s1. The predicted octanol–water partition coefficient (Wildman–Crippen LogP) is 23.5. The summed E-state index contributed by atoms with van der Waals surface area (Å²) in [6.07, 6.45) is 59.5.